The highest BCUT2D eigenvalue weighted by Crippen LogP contribution is 2.28. The number of aryl methyl sites for hydroxylation is 1. The van der Waals surface area contributed by atoms with Crippen LogP contribution in [0.25, 0.3) is 0 Å². The second-order valence-corrected chi connectivity index (χ2v) is 7.45. The molecule has 0 atom stereocenters. The molecule has 0 aromatic heterocycles. The Hall–Kier alpha value is -2.95. The minimum atomic E-state index is -0.853. The number of carboxylic acids is 1. The summed E-state index contributed by atoms with van der Waals surface area (Å²) in [5, 5.41) is 11.6. The summed E-state index contributed by atoms with van der Waals surface area (Å²) in [5.74, 6) is -1.01. The molecule has 0 bridgehead atoms. The number of hydrogen-bond donors (Lipinski definition) is 2. The Bertz CT molecular complexity index is 812. The maximum Gasteiger partial charge on any atom is 0.303 e. The van der Waals surface area contributed by atoms with E-state index in [1.807, 2.05) is 38.1 Å². The molecule has 2 aromatic carbocycles. The standard InChI is InChI=1S/C22H25NO4/c1-22(2,14-19(24)17-8-4-3-5-9-17)15-20(25)23-18-10-6-7-16(13-18)11-12-21(26)27/h3-10,13H,11-12,14-15H2,1-2H3,(H,23,25)(H,26,27). The molecule has 0 saturated carbocycles. The van der Waals surface area contributed by atoms with Crippen LogP contribution in [0.15, 0.2) is 54.6 Å². The van der Waals surface area contributed by atoms with Gasteiger partial charge in [-0.3, -0.25) is 14.4 Å². The summed E-state index contributed by atoms with van der Waals surface area (Å²) in [6.45, 7) is 3.80. The largest absolute Gasteiger partial charge is 0.481 e. The van der Waals surface area contributed by atoms with Gasteiger partial charge < -0.3 is 10.4 Å². The zero-order valence-electron chi connectivity index (χ0n) is 15.7. The Morgan fingerprint density at radius 2 is 1.67 bits per heavy atom. The number of aliphatic carboxylic acids is 1. The normalized spacial score (nSPS) is 11.0. The zero-order valence-corrected chi connectivity index (χ0v) is 15.7. The fraction of sp³-hybridized carbons (Fsp3) is 0.318. The van der Waals surface area contributed by atoms with Crippen molar-refractivity contribution in [2.45, 2.75) is 39.5 Å². The number of carbonyl (C=O) groups is 3. The molecule has 27 heavy (non-hydrogen) atoms. The van der Waals surface area contributed by atoms with Crippen LogP contribution < -0.4 is 5.32 Å². The third kappa shape index (κ3) is 7.05. The van der Waals surface area contributed by atoms with Gasteiger partial charge in [-0.2, -0.15) is 0 Å². The third-order valence-electron chi connectivity index (χ3n) is 4.21. The van der Waals surface area contributed by atoms with Crippen LogP contribution >= 0.6 is 0 Å². The summed E-state index contributed by atoms with van der Waals surface area (Å²) in [5.41, 5.74) is 1.66. The lowest BCUT2D eigenvalue weighted by atomic mass is 9.82. The van der Waals surface area contributed by atoms with Gasteiger partial charge in [0.1, 0.15) is 0 Å². The topological polar surface area (TPSA) is 83.5 Å². The van der Waals surface area contributed by atoms with Crippen LogP contribution in [0, 0.1) is 5.41 Å². The third-order valence-corrected chi connectivity index (χ3v) is 4.21. The molecule has 0 fully saturated rings. The molecule has 0 heterocycles. The number of Topliss-reactive ketones (excluding diaryl/α,β-unsaturated/α-hetero) is 1. The van der Waals surface area contributed by atoms with Crippen molar-refractivity contribution in [3.05, 3.63) is 65.7 Å². The molecular weight excluding hydrogens is 342 g/mol. The Balaban J connectivity index is 1.93. The van der Waals surface area contributed by atoms with E-state index in [0.29, 0.717) is 17.7 Å². The van der Waals surface area contributed by atoms with E-state index in [9.17, 15) is 14.4 Å². The average Bonchev–Trinajstić information content (AvgIpc) is 2.60. The average molecular weight is 367 g/mol. The van der Waals surface area contributed by atoms with Crippen molar-refractivity contribution in [1.82, 2.24) is 0 Å². The first kappa shape index (κ1) is 20.4. The summed E-state index contributed by atoms with van der Waals surface area (Å²) < 4.78 is 0. The van der Waals surface area contributed by atoms with Gasteiger partial charge in [-0.1, -0.05) is 56.3 Å². The number of benzene rings is 2. The predicted molar refractivity (Wildman–Crippen MR) is 105 cm³/mol. The molecule has 1 amide bonds. The summed E-state index contributed by atoms with van der Waals surface area (Å²) >= 11 is 0. The molecule has 0 spiro atoms. The second kappa shape index (κ2) is 9.12. The Morgan fingerprint density at radius 1 is 0.963 bits per heavy atom. The van der Waals surface area contributed by atoms with Gasteiger partial charge in [0.15, 0.2) is 5.78 Å². The van der Waals surface area contributed by atoms with E-state index in [4.69, 9.17) is 5.11 Å². The Labute approximate surface area is 159 Å². The number of carbonyl (C=O) groups excluding carboxylic acids is 2. The fourth-order valence-corrected chi connectivity index (χ4v) is 2.92. The number of carboxylic acid groups (broad SMARTS) is 1. The van der Waals surface area contributed by atoms with Gasteiger partial charge in [-0.25, -0.2) is 0 Å². The fourth-order valence-electron chi connectivity index (χ4n) is 2.92. The van der Waals surface area contributed by atoms with Crippen molar-refractivity contribution in [3.63, 3.8) is 0 Å². The minimum Gasteiger partial charge on any atom is -0.481 e. The summed E-state index contributed by atoms with van der Waals surface area (Å²) in [6.07, 6.45) is 0.955. The maximum atomic E-state index is 12.4. The van der Waals surface area contributed by atoms with Crippen molar-refractivity contribution in [3.8, 4) is 0 Å². The van der Waals surface area contributed by atoms with E-state index < -0.39 is 11.4 Å². The van der Waals surface area contributed by atoms with Crippen molar-refractivity contribution < 1.29 is 19.5 Å². The highest BCUT2D eigenvalue weighted by atomic mass is 16.4. The lowest BCUT2D eigenvalue weighted by Crippen LogP contribution is -2.25. The summed E-state index contributed by atoms with van der Waals surface area (Å²) in [6, 6.07) is 16.2. The van der Waals surface area contributed by atoms with Gasteiger partial charge in [-0.15, -0.1) is 0 Å². The number of rotatable bonds is 9. The first-order valence-electron chi connectivity index (χ1n) is 8.94. The predicted octanol–water partition coefficient (Wildman–Crippen LogP) is 4.33. The number of hydrogen-bond acceptors (Lipinski definition) is 3. The van der Waals surface area contributed by atoms with Crippen LogP contribution in [-0.2, 0) is 16.0 Å². The van der Waals surface area contributed by atoms with Crippen molar-refractivity contribution in [2.75, 3.05) is 5.32 Å². The number of ketones is 1. The number of nitrogens with one attached hydrogen (secondary N) is 1. The molecule has 0 aliphatic carbocycles. The van der Waals surface area contributed by atoms with Gasteiger partial charge in [0.05, 0.1) is 0 Å². The van der Waals surface area contributed by atoms with E-state index in [2.05, 4.69) is 5.32 Å². The molecule has 2 rings (SSSR count). The molecule has 142 valence electrons. The Morgan fingerprint density at radius 3 is 2.33 bits per heavy atom. The highest BCUT2D eigenvalue weighted by Gasteiger charge is 2.26. The van der Waals surface area contributed by atoms with Gasteiger partial charge in [0.2, 0.25) is 5.91 Å². The molecule has 5 nitrogen and oxygen atoms in total. The highest BCUT2D eigenvalue weighted by molar-refractivity contribution is 5.97. The van der Waals surface area contributed by atoms with Crippen LogP contribution in [0.5, 0.6) is 0 Å². The van der Waals surface area contributed by atoms with Crippen LogP contribution in [0.1, 0.15) is 49.0 Å². The first-order chi connectivity index (χ1) is 12.7. The number of anilines is 1. The second-order valence-electron chi connectivity index (χ2n) is 7.45. The summed E-state index contributed by atoms with van der Waals surface area (Å²) in [7, 11) is 0. The van der Waals surface area contributed by atoms with E-state index in [1.54, 1.807) is 30.3 Å². The van der Waals surface area contributed by atoms with Crippen LogP contribution in [0.4, 0.5) is 5.69 Å². The molecular formula is C22H25NO4. The van der Waals surface area contributed by atoms with Crippen LogP contribution in [0.2, 0.25) is 0 Å². The van der Waals surface area contributed by atoms with E-state index in [0.717, 1.165) is 5.56 Å². The van der Waals surface area contributed by atoms with Gasteiger partial charge in [0, 0.05) is 30.5 Å². The zero-order chi connectivity index (χ0) is 19.9. The van der Waals surface area contributed by atoms with E-state index in [-0.39, 0.29) is 31.0 Å². The lowest BCUT2D eigenvalue weighted by molar-refractivity contribution is -0.137. The SMILES string of the molecule is CC(C)(CC(=O)Nc1cccc(CCC(=O)O)c1)CC(=O)c1ccccc1. The van der Waals surface area contributed by atoms with Gasteiger partial charge in [-0.05, 0) is 29.5 Å². The van der Waals surface area contributed by atoms with Crippen molar-refractivity contribution in [2.24, 2.45) is 5.41 Å². The smallest absolute Gasteiger partial charge is 0.303 e. The molecule has 5 heteroatoms. The monoisotopic (exact) mass is 367 g/mol. The van der Waals surface area contributed by atoms with Crippen molar-refractivity contribution >= 4 is 23.3 Å². The van der Waals surface area contributed by atoms with Crippen LogP contribution in [0.3, 0.4) is 0 Å². The molecule has 0 aliphatic heterocycles. The maximum absolute atomic E-state index is 12.4. The summed E-state index contributed by atoms with van der Waals surface area (Å²) in [4.78, 5) is 35.5. The molecule has 2 N–H and O–H groups in total. The molecule has 0 unspecified atom stereocenters. The quantitative estimate of drug-likeness (QED) is 0.646. The molecule has 0 saturated heterocycles. The van der Waals surface area contributed by atoms with E-state index >= 15 is 0 Å². The van der Waals surface area contributed by atoms with Gasteiger partial charge in [0.25, 0.3) is 0 Å². The Kier molecular flexibility index (Phi) is 6.88. The molecule has 0 radical (unpaired) electrons. The van der Waals surface area contributed by atoms with Crippen molar-refractivity contribution in [1.29, 1.82) is 0 Å². The van der Waals surface area contributed by atoms with E-state index in [1.165, 1.54) is 0 Å². The molecule has 2 aromatic rings. The lowest BCUT2D eigenvalue weighted by Gasteiger charge is -2.23. The first-order valence-corrected chi connectivity index (χ1v) is 8.94. The number of amides is 1. The minimum absolute atomic E-state index is 0.0177. The van der Waals surface area contributed by atoms with Crippen LogP contribution in [-0.4, -0.2) is 22.8 Å². The molecule has 0 aliphatic rings. The van der Waals surface area contributed by atoms with Gasteiger partial charge >= 0.3 is 5.97 Å².